The van der Waals surface area contributed by atoms with E-state index in [9.17, 15) is 4.39 Å². The minimum atomic E-state index is -0.459. The number of hydrogen-bond donors (Lipinski definition) is 1. The summed E-state index contributed by atoms with van der Waals surface area (Å²) in [6.07, 6.45) is 1.59. The molecule has 0 saturated heterocycles. The molecule has 1 heterocycles. The zero-order valence-electron chi connectivity index (χ0n) is 10.2. The molecule has 0 aliphatic rings. The van der Waals surface area contributed by atoms with Crippen LogP contribution in [0.2, 0.25) is 5.02 Å². The molecule has 0 aliphatic heterocycles. The molecule has 1 N–H and O–H groups in total. The lowest BCUT2D eigenvalue weighted by Gasteiger charge is -2.24. The monoisotopic (exact) mass is 298 g/mol. The van der Waals surface area contributed by atoms with Crippen molar-refractivity contribution >= 4 is 34.6 Å². The van der Waals surface area contributed by atoms with Crippen LogP contribution in [0.4, 0.5) is 10.1 Å². The number of hydrogen-bond acceptors (Lipinski definition) is 2. The molecule has 100 valence electrons. The van der Waals surface area contributed by atoms with Gasteiger partial charge in [-0.2, -0.15) is 0 Å². The maximum Gasteiger partial charge on any atom is 0.173 e. The molecular weight excluding hydrogens is 287 g/mol. The normalized spacial score (nSPS) is 10.3. The van der Waals surface area contributed by atoms with Crippen LogP contribution in [0, 0.1) is 5.82 Å². The standard InChI is InChI=1S/C13H12ClFN2OS/c1-16-13(19)17(8-10-3-2-6-18-10)9-4-5-12(15)11(14)7-9/h2-7H,8H2,1H3,(H,16,19). The highest BCUT2D eigenvalue weighted by Crippen LogP contribution is 2.24. The third kappa shape index (κ3) is 3.24. The van der Waals surface area contributed by atoms with E-state index in [-0.39, 0.29) is 5.02 Å². The summed E-state index contributed by atoms with van der Waals surface area (Å²) in [5.74, 6) is 0.289. The highest BCUT2D eigenvalue weighted by Gasteiger charge is 2.14. The number of halogens is 2. The fourth-order valence-corrected chi connectivity index (χ4v) is 1.97. The Hall–Kier alpha value is -1.59. The number of nitrogens with zero attached hydrogens (tertiary/aromatic N) is 1. The first-order valence-corrected chi connectivity index (χ1v) is 6.37. The van der Waals surface area contributed by atoms with Crippen molar-refractivity contribution in [2.45, 2.75) is 6.54 Å². The summed E-state index contributed by atoms with van der Waals surface area (Å²) < 4.78 is 18.5. The van der Waals surface area contributed by atoms with Gasteiger partial charge in [-0.1, -0.05) is 11.6 Å². The first kappa shape index (κ1) is 13.8. The SMILES string of the molecule is CNC(=S)N(Cc1ccco1)c1ccc(F)c(Cl)c1. The van der Waals surface area contributed by atoms with Crippen LogP contribution in [0.3, 0.4) is 0 Å². The summed E-state index contributed by atoms with van der Waals surface area (Å²) in [4.78, 5) is 1.78. The molecule has 0 unspecified atom stereocenters. The van der Waals surface area contributed by atoms with Crippen LogP contribution in [0.25, 0.3) is 0 Å². The highest BCUT2D eigenvalue weighted by molar-refractivity contribution is 7.80. The predicted molar refractivity (Wildman–Crippen MR) is 78.0 cm³/mol. The maximum absolute atomic E-state index is 13.2. The van der Waals surface area contributed by atoms with Crippen molar-refractivity contribution in [2.75, 3.05) is 11.9 Å². The van der Waals surface area contributed by atoms with Gasteiger partial charge in [0, 0.05) is 12.7 Å². The second kappa shape index (κ2) is 6.04. The van der Waals surface area contributed by atoms with Crippen LogP contribution in [0.15, 0.2) is 41.0 Å². The molecule has 0 spiro atoms. The van der Waals surface area contributed by atoms with Gasteiger partial charge in [-0.25, -0.2) is 4.39 Å². The molecule has 0 amide bonds. The van der Waals surface area contributed by atoms with Crippen molar-refractivity contribution in [3.63, 3.8) is 0 Å². The fourth-order valence-electron chi connectivity index (χ4n) is 1.63. The fraction of sp³-hybridized carbons (Fsp3) is 0.154. The molecule has 1 aromatic heterocycles. The van der Waals surface area contributed by atoms with Gasteiger partial charge in [0.1, 0.15) is 11.6 Å². The summed E-state index contributed by atoms with van der Waals surface area (Å²) in [5.41, 5.74) is 0.696. The summed E-state index contributed by atoms with van der Waals surface area (Å²) in [6.45, 7) is 0.439. The van der Waals surface area contributed by atoms with E-state index >= 15 is 0 Å². The Morgan fingerprint density at radius 3 is 2.84 bits per heavy atom. The maximum atomic E-state index is 13.2. The molecule has 0 radical (unpaired) electrons. The van der Waals surface area contributed by atoms with Crippen LogP contribution in [-0.2, 0) is 6.54 Å². The Labute approximate surface area is 121 Å². The summed E-state index contributed by atoms with van der Waals surface area (Å²) in [7, 11) is 1.72. The largest absolute Gasteiger partial charge is 0.467 e. The second-order valence-electron chi connectivity index (χ2n) is 3.82. The number of rotatable bonds is 3. The zero-order valence-corrected chi connectivity index (χ0v) is 11.8. The number of anilines is 1. The molecule has 3 nitrogen and oxygen atoms in total. The minimum absolute atomic E-state index is 0.0563. The van der Waals surface area contributed by atoms with E-state index in [4.69, 9.17) is 28.2 Å². The molecular formula is C13H12ClFN2OS. The highest BCUT2D eigenvalue weighted by atomic mass is 35.5. The van der Waals surface area contributed by atoms with E-state index in [0.29, 0.717) is 17.3 Å². The van der Waals surface area contributed by atoms with Crippen molar-refractivity contribution in [3.8, 4) is 0 Å². The molecule has 2 aromatic rings. The Bertz CT molecular complexity index is 574. The molecule has 0 saturated carbocycles. The van der Waals surface area contributed by atoms with Crippen LogP contribution >= 0.6 is 23.8 Å². The van der Waals surface area contributed by atoms with E-state index in [1.54, 1.807) is 30.3 Å². The van der Waals surface area contributed by atoms with Gasteiger partial charge in [0.15, 0.2) is 5.11 Å². The molecule has 6 heteroatoms. The van der Waals surface area contributed by atoms with E-state index in [2.05, 4.69) is 5.32 Å². The average Bonchev–Trinajstić information content (AvgIpc) is 2.91. The summed E-state index contributed by atoms with van der Waals surface area (Å²) >= 11 is 11.0. The Morgan fingerprint density at radius 2 is 2.26 bits per heavy atom. The molecule has 0 aliphatic carbocycles. The lowest BCUT2D eigenvalue weighted by molar-refractivity contribution is 0.511. The van der Waals surface area contributed by atoms with Crippen LogP contribution in [0.5, 0.6) is 0 Å². The van der Waals surface area contributed by atoms with E-state index in [1.165, 1.54) is 12.1 Å². The lowest BCUT2D eigenvalue weighted by Crippen LogP contribution is -2.37. The third-order valence-corrected chi connectivity index (χ3v) is 3.28. The van der Waals surface area contributed by atoms with E-state index in [1.807, 2.05) is 6.07 Å². The first-order chi connectivity index (χ1) is 9.11. The summed E-state index contributed by atoms with van der Waals surface area (Å²) in [5, 5.41) is 3.44. The summed E-state index contributed by atoms with van der Waals surface area (Å²) in [6, 6.07) is 8.10. The Balaban J connectivity index is 2.31. The number of furan rings is 1. The van der Waals surface area contributed by atoms with Gasteiger partial charge in [-0.3, -0.25) is 0 Å². The van der Waals surface area contributed by atoms with Crippen molar-refractivity contribution in [1.82, 2.24) is 5.32 Å². The molecule has 2 rings (SSSR count). The smallest absolute Gasteiger partial charge is 0.173 e. The number of nitrogens with one attached hydrogen (secondary N) is 1. The van der Waals surface area contributed by atoms with Gasteiger partial charge in [-0.05, 0) is 42.5 Å². The Morgan fingerprint density at radius 1 is 1.47 bits per heavy atom. The van der Waals surface area contributed by atoms with Gasteiger partial charge in [0.25, 0.3) is 0 Å². The van der Waals surface area contributed by atoms with Gasteiger partial charge in [0.2, 0.25) is 0 Å². The molecule has 0 bridgehead atoms. The number of thiocarbonyl (C=S) groups is 1. The molecule has 1 aromatic carbocycles. The quantitative estimate of drug-likeness (QED) is 0.877. The third-order valence-electron chi connectivity index (χ3n) is 2.57. The van der Waals surface area contributed by atoms with Crippen molar-refractivity contribution in [1.29, 1.82) is 0 Å². The van der Waals surface area contributed by atoms with E-state index < -0.39 is 5.82 Å². The predicted octanol–water partition coefficient (Wildman–Crippen LogP) is 3.58. The Kier molecular flexibility index (Phi) is 4.39. The van der Waals surface area contributed by atoms with Crippen molar-refractivity contribution < 1.29 is 8.81 Å². The van der Waals surface area contributed by atoms with E-state index in [0.717, 1.165) is 5.76 Å². The molecule has 19 heavy (non-hydrogen) atoms. The first-order valence-electron chi connectivity index (χ1n) is 5.58. The van der Waals surface area contributed by atoms with Gasteiger partial charge in [0.05, 0.1) is 17.8 Å². The topological polar surface area (TPSA) is 28.4 Å². The van der Waals surface area contributed by atoms with Crippen molar-refractivity contribution in [2.24, 2.45) is 0 Å². The zero-order chi connectivity index (χ0) is 13.8. The molecule has 0 fully saturated rings. The van der Waals surface area contributed by atoms with Gasteiger partial charge < -0.3 is 14.6 Å². The van der Waals surface area contributed by atoms with Gasteiger partial charge in [-0.15, -0.1) is 0 Å². The van der Waals surface area contributed by atoms with Crippen LogP contribution in [0.1, 0.15) is 5.76 Å². The van der Waals surface area contributed by atoms with Crippen LogP contribution in [-0.4, -0.2) is 12.2 Å². The molecule has 0 atom stereocenters. The average molecular weight is 299 g/mol. The number of benzene rings is 1. The lowest BCUT2D eigenvalue weighted by atomic mass is 10.2. The van der Waals surface area contributed by atoms with Crippen molar-refractivity contribution in [3.05, 3.63) is 53.2 Å². The van der Waals surface area contributed by atoms with Crippen LogP contribution < -0.4 is 10.2 Å². The minimum Gasteiger partial charge on any atom is -0.467 e. The van der Waals surface area contributed by atoms with Gasteiger partial charge >= 0.3 is 0 Å². The second-order valence-corrected chi connectivity index (χ2v) is 4.61.